The number of piperazine rings is 1. The minimum Gasteiger partial charge on any atom is -0.497 e. The molecule has 3 aliphatic rings. The summed E-state index contributed by atoms with van der Waals surface area (Å²) in [5, 5.41) is 9.63. The van der Waals surface area contributed by atoms with Crippen LogP contribution in [0.25, 0.3) is 10.2 Å². The summed E-state index contributed by atoms with van der Waals surface area (Å²) in [7, 11) is 1.60. The Morgan fingerprint density at radius 1 is 1.14 bits per heavy atom. The van der Waals surface area contributed by atoms with Crippen LogP contribution < -0.4 is 25.8 Å². The van der Waals surface area contributed by atoms with Gasteiger partial charge in [-0.2, -0.15) is 5.01 Å². The first-order valence-electron chi connectivity index (χ1n) is 16.5. The van der Waals surface area contributed by atoms with E-state index in [1.165, 1.54) is 11.3 Å². The van der Waals surface area contributed by atoms with E-state index in [0.29, 0.717) is 29.5 Å². The summed E-state index contributed by atoms with van der Waals surface area (Å²) in [5.41, 5.74) is 9.77. The quantitative estimate of drug-likeness (QED) is 0.226. The molecule has 0 saturated carbocycles. The summed E-state index contributed by atoms with van der Waals surface area (Å²) < 4.78 is 11.7. The topological polar surface area (TPSA) is 163 Å². The molecular formula is C35H38N8O6S. The molecule has 3 aromatic carbocycles. The van der Waals surface area contributed by atoms with E-state index in [0.717, 1.165) is 32.7 Å². The lowest BCUT2D eigenvalue weighted by Gasteiger charge is -2.46. The summed E-state index contributed by atoms with van der Waals surface area (Å²) in [6, 6.07) is 17.4. The van der Waals surface area contributed by atoms with Crippen LogP contribution in [0.1, 0.15) is 30.0 Å². The maximum absolute atomic E-state index is 14.4. The summed E-state index contributed by atoms with van der Waals surface area (Å²) in [6.45, 7) is 2.91. The van der Waals surface area contributed by atoms with Gasteiger partial charge in [0.1, 0.15) is 23.7 Å². The molecule has 4 heterocycles. The van der Waals surface area contributed by atoms with Crippen molar-refractivity contribution < 1.29 is 28.7 Å². The van der Waals surface area contributed by atoms with Gasteiger partial charge in [0.15, 0.2) is 11.7 Å². The highest BCUT2D eigenvalue weighted by molar-refractivity contribution is 7.22. The van der Waals surface area contributed by atoms with Gasteiger partial charge in [-0.25, -0.2) is 9.78 Å². The van der Waals surface area contributed by atoms with Gasteiger partial charge in [-0.15, -0.1) is 0 Å². The van der Waals surface area contributed by atoms with E-state index >= 15 is 0 Å². The van der Waals surface area contributed by atoms with Crippen LogP contribution in [0.5, 0.6) is 11.5 Å². The maximum Gasteiger partial charge on any atom is 0.332 e. The average Bonchev–Trinajstić information content (AvgIpc) is 3.66. The number of hydrazine groups is 1. The second-order valence-electron chi connectivity index (χ2n) is 12.4. The Morgan fingerprint density at radius 3 is 2.72 bits per heavy atom. The van der Waals surface area contributed by atoms with Gasteiger partial charge in [-0.05, 0) is 53.4 Å². The second-order valence-corrected chi connectivity index (χ2v) is 13.5. The fourth-order valence-corrected chi connectivity index (χ4v) is 7.58. The molecular weight excluding hydrogens is 661 g/mol. The first-order valence-corrected chi connectivity index (χ1v) is 17.3. The fourth-order valence-electron chi connectivity index (χ4n) is 6.80. The lowest BCUT2D eigenvalue weighted by atomic mass is 9.99. The minimum absolute atomic E-state index is 0.0650. The Kier molecular flexibility index (Phi) is 9.16. The number of hydrogen-bond acceptors (Lipinski definition) is 10. The molecule has 50 heavy (non-hydrogen) atoms. The molecule has 260 valence electrons. The van der Waals surface area contributed by atoms with Crippen LogP contribution in [0.15, 0.2) is 60.7 Å². The van der Waals surface area contributed by atoms with Crippen molar-refractivity contribution in [2.75, 3.05) is 44.4 Å². The molecule has 0 bridgehead atoms. The van der Waals surface area contributed by atoms with E-state index in [4.69, 9.17) is 15.2 Å². The Balaban J connectivity index is 1.19. The predicted octanol–water partition coefficient (Wildman–Crippen LogP) is 3.18. The van der Waals surface area contributed by atoms with Gasteiger partial charge in [0.25, 0.3) is 5.91 Å². The number of urea groups is 1. The number of nitrogens with one attached hydrogen (secondary N) is 2. The van der Waals surface area contributed by atoms with Crippen molar-refractivity contribution in [1.29, 1.82) is 0 Å². The van der Waals surface area contributed by atoms with Crippen molar-refractivity contribution in [2.24, 2.45) is 0 Å². The number of methoxy groups -OCH3 is 1. The molecule has 2 fully saturated rings. The number of thiazole rings is 1. The van der Waals surface area contributed by atoms with Crippen molar-refractivity contribution >= 4 is 56.1 Å². The number of para-hydroxylation sites is 1. The summed E-state index contributed by atoms with van der Waals surface area (Å²) in [5.74, 6) is 0.523. The Morgan fingerprint density at radius 2 is 1.94 bits per heavy atom. The molecule has 4 N–H and O–H groups in total. The van der Waals surface area contributed by atoms with Crippen LogP contribution in [0.4, 0.5) is 15.6 Å². The Bertz CT molecular complexity index is 1950. The van der Waals surface area contributed by atoms with Crippen LogP contribution in [-0.4, -0.2) is 94.1 Å². The van der Waals surface area contributed by atoms with Crippen LogP contribution >= 0.6 is 11.3 Å². The van der Waals surface area contributed by atoms with Gasteiger partial charge < -0.3 is 35.6 Å². The molecule has 0 spiro atoms. The normalized spacial score (nSPS) is 18.8. The molecule has 0 unspecified atom stereocenters. The Hall–Kier alpha value is -5.41. The number of nitrogen functional groups attached to an aromatic ring is 1. The number of aromatic nitrogens is 1. The van der Waals surface area contributed by atoms with Gasteiger partial charge in [0, 0.05) is 26.1 Å². The molecule has 15 heteroatoms. The maximum atomic E-state index is 14.4. The van der Waals surface area contributed by atoms with Crippen LogP contribution in [0.3, 0.4) is 0 Å². The number of nitrogens with two attached hydrogens (primary N) is 1. The number of hydrogen-bond donors (Lipinski definition) is 3. The number of anilines is 2. The van der Waals surface area contributed by atoms with E-state index in [2.05, 4.69) is 15.6 Å². The zero-order chi connectivity index (χ0) is 34.9. The third-order valence-electron chi connectivity index (χ3n) is 9.14. The fraction of sp³-hybridized carbons (Fsp3) is 0.343. The van der Waals surface area contributed by atoms with Crippen LogP contribution in [0, 0.1) is 0 Å². The van der Waals surface area contributed by atoms with Gasteiger partial charge in [0.05, 0.1) is 36.1 Å². The molecule has 2 saturated heterocycles. The molecule has 14 nitrogen and oxygen atoms in total. The van der Waals surface area contributed by atoms with E-state index in [9.17, 15) is 19.2 Å². The van der Waals surface area contributed by atoms with E-state index in [1.807, 2.05) is 55.5 Å². The highest BCUT2D eigenvalue weighted by atomic mass is 32.1. The van der Waals surface area contributed by atoms with Crippen molar-refractivity contribution in [1.82, 2.24) is 30.1 Å². The number of nitrogens with zero attached hydrogens (tertiary/aromatic N) is 5. The lowest BCUT2D eigenvalue weighted by Crippen LogP contribution is -2.66. The minimum atomic E-state index is -0.866. The van der Waals surface area contributed by atoms with Crippen molar-refractivity contribution in [2.45, 2.75) is 45.1 Å². The highest BCUT2D eigenvalue weighted by Gasteiger charge is 2.52. The molecule has 0 aliphatic carbocycles. The molecule has 7 rings (SSSR count). The molecule has 1 aromatic heterocycles. The number of ether oxygens (including phenoxy) is 2. The lowest BCUT2D eigenvalue weighted by molar-refractivity contribution is -0.157. The number of fused-ring (bicyclic) bond motifs is 3. The smallest absolute Gasteiger partial charge is 0.332 e. The second kappa shape index (κ2) is 13.8. The molecule has 4 aromatic rings. The van der Waals surface area contributed by atoms with Crippen molar-refractivity contribution in [3.63, 3.8) is 0 Å². The van der Waals surface area contributed by atoms with Gasteiger partial charge in [-0.1, -0.05) is 48.6 Å². The molecule has 2 atom stereocenters. The third-order valence-corrected chi connectivity index (χ3v) is 9.99. The van der Waals surface area contributed by atoms with Crippen LogP contribution in [0.2, 0.25) is 0 Å². The molecule has 5 amide bonds. The number of amides is 5. The highest BCUT2D eigenvalue weighted by Crippen LogP contribution is 2.34. The zero-order valence-corrected chi connectivity index (χ0v) is 28.6. The number of benzene rings is 3. The summed E-state index contributed by atoms with van der Waals surface area (Å²) >= 11 is 1.38. The third kappa shape index (κ3) is 6.48. The van der Waals surface area contributed by atoms with E-state index in [1.54, 1.807) is 39.1 Å². The number of carbonyl (C=O) groups excluding carboxylic acids is 4. The van der Waals surface area contributed by atoms with Crippen LogP contribution in [-0.2, 0) is 33.9 Å². The van der Waals surface area contributed by atoms with Gasteiger partial charge >= 0.3 is 6.03 Å². The summed E-state index contributed by atoms with van der Waals surface area (Å²) in [4.78, 5) is 62.0. The van der Waals surface area contributed by atoms with Gasteiger partial charge in [-0.3, -0.25) is 19.4 Å². The monoisotopic (exact) mass is 698 g/mol. The standard InChI is InChI=1S/C35H38N8O6S/c1-3-13-41(35(47)37-16-21-7-10-24(48-2)11-8-21)42-19-31(45)43-26(15-22-9-12-27-25(14-22)38-29(44)20-49-27)33(46)40(18-30(42)43)17-23-5-4-6-28-32(23)39-34(36)50-28/h4-12,14,26,30H,3,13,15-20H2,1-2H3,(H2,36,39)(H,37,47)(H,38,44)/t26-,30+/m0/s1. The first kappa shape index (κ1) is 33.1. The molecule has 0 radical (unpaired) electrons. The van der Waals surface area contributed by atoms with Crippen molar-refractivity contribution in [3.05, 3.63) is 77.4 Å². The number of rotatable bonds is 10. The predicted molar refractivity (Wildman–Crippen MR) is 187 cm³/mol. The van der Waals surface area contributed by atoms with Gasteiger partial charge in [0.2, 0.25) is 11.8 Å². The first-order chi connectivity index (χ1) is 24.2. The zero-order valence-electron chi connectivity index (χ0n) is 27.8. The SMILES string of the molecule is CCCN(C(=O)NCc1ccc(OC)cc1)N1CC(=O)N2[C@@H](Cc3ccc4c(c3)NC(=O)CO4)C(=O)N(Cc3cccc4sc(N)nc34)C[C@@H]21. The Labute approximate surface area is 292 Å². The average molecular weight is 699 g/mol. The van der Waals surface area contributed by atoms with Crippen molar-refractivity contribution in [3.8, 4) is 11.5 Å². The summed E-state index contributed by atoms with van der Waals surface area (Å²) in [6.07, 6.45) is 0.235. The molecule has 3 aliphatic heterocycles. The largest absolute Gasteiger partial charge is 0.497 e. The van der Waals surface area contributed by atoms with E-state index < -0.39 is 12.2 Å². The number of carbonyl (C=O) groups is 4. The van der Waals surface area contributed by atoms with E-state index in [-0.39, 0.29) is 63.0 Å².